The SMILES string of the molecule is CCCNc1ccc(C(=O)N[C@@H](Cc2ccccc2)C(=O)N[C@@H](Cc2ccccc2)C(=O)O)cc1. The van der Waals surface area contributed by atoms with Crippen LogP contribution >= 0.6 is 0 Å². The van der Waals surface area contributed by atoms with Crippen molar-refractivity contribution in [3.8, 4) is 0 Å². The standard InChI is InChI=1S/C28H31N3O4/c1-2-17-29-23-15-13-22(14-16-23)26(32)30-24(18-20-9-5-3-6-10-20)27(33)31-25(28(34)35)19-21-11-7-4-8-12-21/h3-16,24-25,29H,2,17-19H2,1H3,(H,30,32)(H,31,33)(H,34,35)/t24-,25-/m0/s1. The number of aliphatic carboxylic acids is 1. The maximum atomic E-state index is 13.2. The molecule has 0 fully saturated rings. The molecule has 0 aliphatic carbocycles. The molecule has 0 bridgehead atoms. The Labute approximate surface area is 205 Å². The Kier molecular flexibility index (Phi) is 9.42. The van der Waals surface area contributed by atoms with E-state index in [2.05, 4.69) is 22.9 Å². The molecule has 3 aromatic rings. The van der Waals surface area contributed by atoms with Gasteiger partial charge >= 0.3 is 5.97 Å². The van der Waals surface area contributed by atoms with Crippen molar-refractivity contribution in [1.29, 1.82) is 0 Å². The number of carbonyl (C=O) groups excluding carboxylic acids is 2. The summed E-state index contributed by atoms with van der Waals surface area (Å²) in [6.07, 6.45) is 1.35. The van der Waals surface area contributed by atoms with Crippen LogP contribution in [-0.4, -0.2) is 41.5 Å². The predicted octanol–water partition coefficient (Wildman–Crippen LogP) is 3.66. The summed E-state index contributed by atoms with van der Waals surface area (Å²) in [5.74, 6) is -2.09. The first-order valence-corrected chi connectivity index (χ1v) is 11.7. The van der Waals surface area contributed by atoms with E-state index in [0.717, 1.165) is 29.8 Å². The van der Waals surface area contributed by atoms with Crippen LogP contribution < -0.4 is 16.0 Å². The first-order valence-electron chi connectivity index (χ1n) is 11.7. The second-order valence-electron chi connectivity index (χ2n) is 8.31. The van der Waals surface area contributed by atoms with Gasteiger partial charge in [0.05, 0.1) is 0 Å². The van der Waals surface area contributed by atoms with Gasteiger partial charge in [0, 0.05) is 30.6 Å². The average Bonchev–Trinajstić information content (AvgIpc) is 2.88. The van der Waals surface area contributed by atoms with E-state index in [4.69, 9.17) is 0 Å². The Bertz CT molecular complexity index is 1100. The van der Waals surface area contributed by atoms with Crippen molar-refractivity contribution in [2.24, 2.45) is 0 Å². The maximum absolute atomic E-state index is 13.2. The molecule has 0 spiro atoms. The summed E-state index contributed by atoms with van der Waals surface area (Å²) in [6.45, 7) is 2.90. The summed E-state index contributed by atoms with van der Waals surface area (Å²) in [5, 5.41) is 18.3. The van der Waals surface area contributed by atoms with Crippen LogP contribution in [0.2, 0.25) is 0 Å². The highest BCUT2D eigenvalue weighted by Crippen LogP contribution is 2.11. The number of carboxylic acids is 1. The molecule has 4 N–H and O–H groups in total. The van der Waals surface area contributed by atoms with E-state index in [1.807, 2.05) is 72.8 Å². The molecule has 0 radical (unpaired) electrons. The summed E-state index contributed by atoms with van der Waals surface area (Å²) >= 11 is 0. The Morgan fingerprint density at radius 2 is 1.29 bits per heavy atom. The summed E-state index contributed by atoms with van der Waals surface area (Å²) in [7, 11) is 0. The maximum Gasteiger partial charge on any atom is 0.326 e. The van der Waals surface area contributed by atoms with E-state index < -0.39 is 29.9 Å². The van der Waals surface area contributed by atoms with Crippen molar-refractivity contribution >= 4 is 23.5 Å². The average molecular weight is 474 g/mol. The van der Waals surface area contributed by atoms with Crippen LogP contribution in [0.3, 0.4) is 0 Å². The van der Waals surface area contributed by atoms with Gasteiger partial charge in [-0.05, 0) is 41.8 Å². The van der Waals surface area contributed by atoms with Gasteiger partial charge in [-0.15, -0.1) is 0 Å². The van der Waals surface area contributed by atoms with Crippen molar-refractivity contribution in [1.82, 2.24) is 10.6 Å². The summed E-state index contributed by atoms with van der Waals surface area (Å²) < 4.78 is 0. The molecular weight excluding hydrogens is 442 g/mol. The van der Waals surface area contributed by atoms with E-state index in [1.165, 1.54) is 0 Å². The highest BCUT2D eigenvalue weighted by atomic mass is 16.4. The van der Waals surface area contributed by atoms with Gasteiger partial charge in [-0.1, -0.05) is 67.6 Å². The Morgan fingerprint density at radius 1 is 0.743 bits per heavy atom. The second kappa shape index (κ2) is 12.9. The van der Waals surface area contributed by atoms with Crippen molar-refractivity contribution in [2.75, 3.05) is 11.9 Å². The van der Waals surface area contributed by atoms with Gasteiger partial charge in [0.25, 0.3) is 5.91 Å². The molecule has 0 unspecified atom stereocenters. The molecule has 182 valence electrons. The fraction of sp³-hybridized carbons (Fsp3) is 0.250. The highest BCUT2D eigenvalue weighted by Gasteiger charge is 2.27. The van der Waals surface area contributed by atoms with E-state index in [-0.39, 0.29) is 12.8 Å². The lowest BCUT2D eigenvalue weighted by Crippen LogP contribution is -2.53. The van der Waals surface area contributed by atoms with Crippen molar-refractivity contribution < 1.29 is 19.5 Å². The van der Waals surface area contributed by atoms with Gasteiger partial charge in [-0.2, -0.15) is 0 Å². The van der Waals surface area contributed by atoms with Crippen LogP contribution in [0.15, 0.2) is 84.9 Å². The van der Waals surface area contributed by atoms with Gasteiger partial charge < -0.3 is 21.1 Å². The lowest BCUT2D eigenvalue weighted by atomic mass is 10.0. The summed E-state index contributed by atoms with van der Waals surface area (Å²) in [5.41, 5.74) is 2.96. The van der Waals surface area contributed by atoms with Crippen molar-refractivity contribution in [2.45, 2.75) is 38.3 Å². The number of nitrogens with one attached hydrogen (secondary N) is 3. The van der Waals surface area contributed by atoms with Gasteiger partial charge in [-0.3, -0.25) is 9.59 Å². The smallest absolute Gasteiger partial charge is 0.326 e. The van der Waals surface area contributed by atoms with Crippen LogP contribution in [-0.2, 0) is 22.4 Å². The zero-order valence-electron chi connectivity index (χ0n) is 19.7. The molecule has 0 heterocycles. The molecule has 3 aromatic carbocycles. The molecule has 0 aliphatic rings. The lowest BCUT2D eigenvalue weighted by molar-refractivity contribution is -0.142. The molecular formula is C28H31N3O4. The first-order chi connectivity index (χ1) is 17.0. The molecule has 0 saturated heterocycles. The predicted molar refractivity (Wildman–Crippen MR) is 136 cm³/mol. The molecule has 0 aromatic heterocycles. The van der Waals surface area contributed by atoms with E-state index in [9.17, 15) is 19.5 Å². The van der Waals surface area contributed by atoms with Crippen LogP contribution in [0.5, 0.6) is 0 Å². The van der Waals surface area contributed by atoms with E-state index in [1.54, 1.807) is 12.1 Å². The normalized spacial score (nSPS) is 12.3. The fourth-order valence-electron chi connectivity index (χ4n) is 3.63. The molecule has 3 rings (SSSR count). The number of benzene rings is 3. The lowest BCUT2D eigenvalue weighted by Gasteiger charge is -2.22. The summed E-state index contributed by atoms with van der Waals surface area (Å²) in [6, 6.07) is 23.3. The monoisotopic (exact) mass is 473 g/mol. The Hall–Kier alpha value is -4.13. The van der Waals surface area contributed by atoms with Gasteiger partial charge in [-0.25, -0.2) is 4.79 Å². The Morgan fingerprint density at radius 3 is 1.80 bits per heavy atom. The molecule has 0 saturated carbocycles. The number of carboxylic acid groups (broad SMARTS) is 1. The molecule has 35 heavy (non-hydrogen) atoms. The van der Waals surface area contributed by atoms with Crippen LogP contribution in [0.1, 0.15) is 34.8 Å². The van der Waals surface area contributed by atoms with Crippen molar-refractivity contribution in [3.05, 3.63) is 102 Å². The number of anilines is 1. The van der Waals surface area contributed by atoms with Crippen LogP contribution in [0.25, 0.3) is 0 Å². The number of hydrogen-bond donors (Lipinski definition) is 4. The topological polar surface area (TPSA) is 108 Å². The third-order valence-corrected chi connectivity index (χ3v) is 5.53. The van der Waals surface area contributed by atoms with Crippen molar-refractivity contribution in [3.63, 3.8) is 0 Å². The summed E-state index contributed by atoms with van der Waals surface area (Å²) in [4.78, 5) is 38.0. The molecule has 7 nitrogen and oxygen atoms in total. The quantitative estimate of drug-likeness (QED) is 0.321. The number of carbonyl (C=O) groups is 3. The van der Waals surface area contributed by atoms with Crippen LogP contribution in [0.4, 0.5) is 5.69 Å². The van der Waals surface area contributed by atoms with Crippen LogP contribution in [0, 0.1) is 0 Å². The van der Waals surface area contributed by atoms with Gasteiger partial charge in [0.2, 0.25) is 5.91 Å². The van der Waals surface area contributed by atoms with Gasteiger partial charge in [0.1, 0.15) is 12.1 Å². The van der Waals surface area contributed by atoms with E-state index in [0.29, 0.717) is 5.56 Å². The minimum atomic E-state index is -1.14. The zero-order valence-corrected chi connectivity index (χ0v) is 19.7. The highest BCUT2D eigenvalue weighted by molar-refractivity contribution is 5.98. The second-order valence-corrected chi connectivity index (χ2v) is 8.31. The number of hydrogen-bond acceptors (Lipinski definition) is 4. The minimum absolute atomic E-state index is 0.139. The van der Waals surface area contributed by atoms with E-state index >= 15 is 0 Å². The number of amides is 2. The third-order valence-electron chi connectivity index (χ3n) is 5.53. The molecule has 2 atom stereocenters. The Balaban J connectivity index is 1.74. The molecule has 0 aliphatic heterocycles. The molecule has 7 heteroatoms. The zero-order chi connectivity index (χ0) is 25.0. The largest absolute Gasteiger partial charge is 0.480 e. The minimum Gasteiger partial charge on any atom is -0.480 e. The fourth-order valence-corrected chi connectivity index (χ4v) is 3.63. The first kappa shape index (κ1) is 25.5. The van der Waals surface area contributed by atoms with Gasteiger partial charge in [0.15, 0.2) is 0 Å². The third kappa shape index (κ3) is 7.99. The number of rotatable bonds is 12. The molecule has 2 amide bonds.